The Morgan fingerprint density at radius 1 is 1.14 bits per heavy atom. The van der Waals surface area contributed by atoms with E-state index < -0.39 is 11.7 Å². The van der Waals surface area contributed by atoms with Crippen molar-refractivity contribution in [1.29, 1.82) is 0 Å². The minimum Gasteiger partial charge on any atom is -0.363 e. The van der Waals surface area contributed by atoms with Gasteiger partial charge >= 0.3 is 5.91 Å². The molecular weight excluding hydrogens is 485 g/mol. The molecule has 8 heteroatoms. The minimum atomic E-state index is -0.482. The number of nitrogens with zero attached hydrogens (tertiary/aromatic N) is 1. The molecule has 5 rings (SSSR count). The summed E-state index contributed by atoms with van der Waals surface area (Å²) in [5.74, 6) is 0.557. The van der Waals surface area contributed by atoms with Crippen molar-refractivity contribution in [2.24, 2.45) is 0 Å². The summed E-state index contributed by atoms with van der Waals surface area (Å²) < 4.78 is 13.7. The highest BCUT2D eigenvalue weighted by Crippen LogP contribution is 2.42. The van der Waals surface area contributed by atoms with Gasteiger partial charge in [-0.2, -0.15) is 4.48 Å². The van der Waals surface area contributed by atoms with Crippen LogP contribution in [0.4, 0.5) is 10.1 Å². The number of hydrogen-bond donors (Lipinski definition) is 2. The molecule has 2 aromatic carbocycles. The second kappa shape index (κ2) is 9.49. The van der Waals surface area contributed by atoms with Gasteiger partial charge in [-0.3, -0.25) is 4.79 Å². The first-order valence-electron chi connectivity index (χ1n) is 11.3. The van der Waals surface area contributed by atoms with Gasteiger partial charge in [0.05, 0.1) is 22.5 Å². The lowest BCUT2D eigenvalue weighted by atomic mass is 9.99. The molecule has 2 aliphatic heterocycles. The molecule has 2 aromatic rings. The van der Waals surface area contributed by atoms with E-state index in [2.05, 4.69) is 16.7 Å². The largest absolute Gasteiger partial charge is 0.363 e. The molecule has 0 radical (unpaired) electrons. The molecule has 3 aliphatic rings. The molecule has 0 aromatic heterocycles. The summed E-state index contributed by atoms with van der Waals surface area (Å²) in [6.07, 6.45) is 10.7. The predicted octanol–water partition coefficient (Wildman–Crippen LogP) is 5.92. The Morgan fingerprint density at radius 2 is 2.00 bits per heavy atom. The van der Waals surface area contributed by atoms with Crippen LogP contribution in [0.5, 0.6) is 0 Å². The second-order valence-corrected chi connectivity index (χ2v) is 10.2. The molecule has 2 amide bonds. The second-order valence-electron chi connectivity index (χ2n) is 8.66. The number of halogens is 2. The van der Waals surface area contributed by atoms with E-state index in [4.69, 9.17) is 11.6 Å². The normalized spacial score (nSPS) is 20.8. The fourth-order valence-corrected chi connectivity index (χ4v) is 6.04. The van der Waals surface area contributed by atoms with Crippen LogP contribution in [0, 0.1) is 12.7 Å². The van der Waals surface area contributed by atoms with Crippen LogP contribution in [0.25, 0.3) is 0 Å². The third kappa shape index (κ3) is 4.24. The van der Waals surface area contributed by atoms with E-state index in [1.807, 2.05) is 24.6 Å². The molecule has 1 atom stereocenters. The lowest BCUT2D eigenvalue weighted by Crippen LogP contribution is -2.55. The van der Waals surface area contributed by atoms with Gasteiger partial charge in [-0.05, 0) is 49.2 Å². The molecule has 178 valence electrons. The molecule has 5 nitrogen and oxygen atoms in total. The van der Waals surface area contributed by atoms with Crippen molar-refractivity contribution < 1.29 is 18.5 Å². The number of quaternary nitrogens is 1. The number of anilines is 1. The van der Waals surface area contributed by atoms with E-state index in [1.54, 1.807) is 43.0 Å². The number of amides is 2. The number of hydrogen-bond acceptors (Lipinski definition) is 4. The number of aryl methyl sites for hydroxylation is 1. The van der Waals surface area contributed by atoms with Gasteiger partial charge < -0.3 is 10.6 Å². The number of allylic oxidation sites excluding steroid dienone is 4. The van der Waals surface area contributed by atoms with Gasteiger partial charge in [-0.25, -0.2) is 9.18 Å². The number of benzene rings is 2. The summed E-state index contributed by atoms with van der Waals surface area (Å²) in [7, 11) is 0. The zero-order valence-electron chi connectivity index (χ0n) is 19.1. The maximum absolute atomic E-state index is 14.2. The van der Waals surface area contributed by atoms with Gasteiger partial charge in [0.15, 0.2) is 5.70 Å². The lowest BCUT2D eigenvalue weighted by Gasteiger charge is -2.41. The van der Waals surface area contributed by atoms with Crippen LogP contribution in [-0.4, -0.2) is 34.3 Å². The number of rotatable bonds is 3. The Kier molecular flexibility index (Phi) is 6.40. The van der Waals surface area contributed by atoms with Crippen molar-refractivity contribution in [3.63, 3.8) is 0 Å². The van der Waals surface area contributed by atoms with Crippen molar-refractivity contribution in [3.05, 3.63) is 112 Å². The van der Waals surface area contributed by atoms with E-state index in [0.29, 0.717) is 23.4 Å². The maximum Gasteiger partial charge on any atom is 0.357 e. The smallest absolute Gasteiger partial charge is 0.357 e. The fraction of sp³-hybridized carbons (Fsp3) is 0.185. The molecule has 1 aliphatic carbocycles. The van der Waals surface area contributed by atoms with Gasteiger partial charge in [-0.1, -0.05) is 29.8 Å². The molecule has 0 bridgehead atoms. The Balaban J connectivity index is 1.49. The Morgan fingerprint density at radius 3 is 2.83 bits per heavy atom. The third-order valence-electron chi connectivity index (χ3n) is 6.54. The molecule has 2 heterocycles. The molecule has 0 spiro atoms. The highest BCUT2D eigenvalue weighted by Gasteiger charge is 2.50. The van der Waals surface area contributed by atoms with Crippen LogP contribution in [-0.2, 0) is 0 Å². The summed E-state index contributed by atoms with van der Waals surface area (Å²) in [5.41, 5.74) is 4.74. The molecular formula is C27H24ClFN3O2S+. The average Bonchev–Trinajstić information content (AvgIpc) is 3.03. The van der Waals surface area contributed by atoms with E-state index in [-0.39, 0.29) is 21.0 Å². The molecule has 1 fully saturated rings. The summed E-state index contributed by atoms with van der Waals surface area (Å²) >= 11 is 8.44. The summed E-state index contributed by atoms with van der Waals surface area (Å²) in [6, 6.07) is 8.97. The van der Waals surface area contributed by atoms with Crippen LogP contribution < -0.4 is 10.6 Å². The van der Waals surface area contributed by atoms with Crippen molar-refractivity contribution in [1.82, 2.24) is 5.32 Å². The summed E-state index contributed by atoms with van der Waals surface area (Å²) in [5, 5.41) is 6.27. The van der Waals surface area contributed by atoms with Crippen molar-refractivity contribution >= 4 is 40.9 Å². The third-order valence-corrected chi connectivity index (χ3v) is 7.82. The van der Waals surface area contributed by atoms with Crippen LogP contribution in [0.1, 0.15) is 32.7 Å². The van der Waals surface area contributed by atoms with Crippen molar-refractivity contribution in [3.8, 4) is 0 Å². The zero-order valence-corrected chi connectivity index (χ0v) is 20.7. The molecule has 2 N–H and O–H groups in total. The van der Waals surface area contributed by atoms with Gasteiger partial charge in [0.1, 0.15) is 18.1 Å². The zero-order chi connectivity index (χ0) is 24.6. The predicted molar refractivity (Wildman–Crippen MR) is 138 cm³/mol. The van der Waals surface area contributed by atoms with Crippen LogP contribution in [0.2, 0.25) is 5.02 Å². The van der Waals surface area contributed by atoms with Crippen molar-refractivity contribution in [2.75, 3.05) is 23.4 Å². The van der Waals surface area contributed by atoms with Crippen LogP contribution >= 0.6 is 23.4 Å². The molecule has 35 heavy (non-hydrogen) atoms. The number of carbonyl (C=O) groups excluding carboxylic acids is 2. The van der Waals surface area contributed by atoms with E-state index in [0.717, 1.165) is 34.9 Å². The first-order valence-corrected chi connectivity index (χ1v) is 12.8. The van der Waals surface area contributed by atoms with E-state index in [1.165, 1.54) is 12.1 Å². The lowest BCUT2D eigenvalue weighted by molar-refractivity contribution is -0.766. The fourth-order valence-electron chi connectivity index (χ4n) is 4.72. The summed E-state index contributed by atoms with van der Waals surface area (Å²) in [6.45, 7) is 2.37. The first-order chi connectivity index (χ1) is 16.9. The Bertz CT molecular complexity index is 1360. The maximum atomic E-state index is 14.2. The number of carbonyl (C=O) groups is 2. The highest BCUT2D eigenvalue weighted by atomic mass is 35.5. The number of thioether (sulfide) groups is 1. The molecule has 1 unspecified atom stereocenters. The molecule has 1 saturated heterocycles. The minimum absolute atomic E-state index is 0.100. The van der Waals surface area contributed by atoms with Gasteiger partial charge in [-0.15, -0.1) is 11.8 Å². The van der Waals surface area contributed by atoms with E-state index in [9.17, 15) is 14.0 Å². The SMILES string of the molecule is Cc1ccc(F)cc1C(=O)Nc1ccc(C(=O)[N+]23CCSCC2=CNC=C2CC=CC=C23)c(Cl)c1. The first kappa shape index (κ1) is 23.6. The number of fused-ring (bicyclic) bond motifs is 3. The number of nitrogens with one attached hydrogen (secondary N) is 2. The standard InChI is InChI=1S/C27H23ClFN3O2S/c1-17-6-7-19(29)12-23(17)26(33)31-20-8-9-22(24(28)13-20)27(34)32-10-11-35-16-21(32)15-30-14-18-4-2-3-5-25(18)32/h2-3,5-9,12-15,30H,4,10-11,16H2,1H3/p+1. The quantitative estimate of drug-likeness (QED) is 0.506. The monoisotopic (exact) mass is 508 g/mol. The van der Waals surface area contributed by atoms with Gasteiger partial charge in [0.2, 0.25) is 0 Å². The average molecular weight is 509 g/mol. The topological polar surface area (TPSA) is 58.2 Å². The Labute approximate surface area is 212 Å². The van der Waals surface area contributed by atoms with Gasteiger partial charge in [0, 0.05) is 34.9 Å². The Hall–Kier alpha value is -3.13. The van der Waals surface area contributed by atoms with E-state index >= 15 is 0 Å². The summed E-state index contributed by atoms with van der Waals surface area (Å²) in [4.78, 5) is 26.9. The highest BCUT2D eigenvalue weighted by molar-refractivity contribution is 7.99. The van der Waals surface area contributed by atoms with Crippen molar-refractivity contribution in [2.45, 2.75) is 13.3 Å². The molecule has 0 saturated carbocycles. The van der Waals surface area contributed by atoms with Crippen LogP contribution in [0.3, 0.4) is 0 Å². The van der Waals surface area contributed by atoms with Crippen LogP contribution in [0.15, 0.2) is 84.0 Å². The van der Waals surface area contributed by atoms with Gasteiger partial charge in [0.25, 0.3) is 5.91 Å².